The first-order valence-electron chi connectivity index (χ1n) is 6.15. The fraction of sp³-hybridized carbons (Fsp3) is 1.00. The van der Waals surface area contributed by atoms with Crippen molar-refractivity contribution in [3.63, 3.8) is 0 Å². The van der Waals surface area contributed by atoms with Gasteiger partial charge in [-0.05, 0) is 31.6 Å². The van der Waals surface area contributed by atoms with E-state index in [2.05, 4.69) is 27.7 Å². The maximum atomic E-state index is 14.0. The van der Waals surface area contributed by atoms with Crippen molar-refractivity contribution in [1.29, 1.82) is 0 Å². The van der Waals surface area contributed by atoms with E-state index in [0.717, 1.165) is 12.8 Å². The summed E-state index contributed by atoms with van der Waals surface area (Å²) in [5, 5.41) is 0. The molecule has 0 saturated carbocycles. The summed E-state index contributed by atoms with van der Waals surface area (Å²) >= 11 is 0. The Morgan fingerprint density at radius 1 is 1.14 bits per heavy atom. The Balaban J connectivity index is 4.07. The van der Waals surface area contributed by atoms with E-state index in [0.29, 0.717) is 18.3 Å². The summed E-state index contributed by atoms with van der Waals surface area (Å²) in [6.45, 7) is 10.4. The fourth-order valence-corrected chi connectivity index (χ4v) is 2.55. The molecule has 0 nitrogen and oxygen atoms in total. The van der Waals surface area contributed by atoms with Crippen molar-refractivity contribution < 1.29 is 4.39 Å². The van der Waals surface area contributed by atoms with E-state index in [9.17, 15) is 4.39 Å². The molecular weight excluding hydrogens is 175 g/mol. The van der Waals surface area contributed by atoms with Gasteiger partial charge in [0.05, 0.1) is 0 Å². The van der Waals surface area contributed by atoms with Crippen LogP contribution in [0, 0.1) is 11.8 Å². The van der Waals surface area contributed by atoms with Gasteiger partial charge in [-0.15, -0.1) is 0 Å². The zero-order valence-corrected chi connectivity index (χ0v) is 10.6. The lowest BCUT2D eigenvalue weighted by atomic mass is 9.81. The Hall–Kier alpha value is -0.0700. The average Bonchev–Trinajstić information content (AvgIpc) is 2.04. The molecule has 1 heteroatoms. The molecule has 0 saturated heterocycles. The fourth-order valence-electron chi connectivity index (χ4n) is 2.55. The standard InChI is InChI=1S/C13H27F/c1-6-9-13(5,14)10-11(4)12(7-2)8-3/h11-12H,6-10H2,1-5H3/t11?,13-/m0/s1. The van der Waals surface area contributed by atoms with Crippen molar-refractivity contribution in [1.82, 2.24) is 0 Å². The second-order valence-electron chi connectivity index (χ2n) is 4.92. The van der Waals surface area contributed by atoms with Crippen molar-refractivity contribution >= 4 is 0 Å². The third kappa shape index (κ3) is 4.97. The van der Waals surface area contributed by atoms with Crippen LogP contribution in [0.4, 0.5) is 4.39 Å². The Morgan fingerprint density at radius 2 is 1.64 bits per heavy atom. The molecule has 0 spiro atoms. The van der Waals surface area contributed by atoms with Crippen LogP contribution >= 0.6 is 0 Å². The molecule has 1 unspecified atom stereocenters. The van der Waals surface area contributed by atoms with E-state index in [1.165, 1.54) is 12.8 Å². The summed E-state index contributed by atoms with van der Waals surface area (Å²) in [6.07, 6.45) is 4.74. The summed E-state index contributed by atoms with van der Waals surface area (Å²) in [4.78, 5) is 0. The lowest BCUT2D eigenvalue weighted by molar-refractivity contribution is 0.115. The topological polar surface area (TPSA) is 0 Å². The number of hydrogen-bond acceptors (Lipinski definition) is 0. The van der Waals surface area contributed by atoms with Crippen LogP contribution in [0.5, 0.6) is 0 Å². The van der Waals surface area contributed by atoms with Gasteiger partial charge < -0.3 is 0 Å². The predicted molar refractivity (Wildman–Crippen MR) is 62.3 cm³/mol. The first kappa shape index (κ1) is 13.9. The second kappa shape index (κ2) is 6.42. The Bertz CT molecular complexity index is 136. The molecule has 0 heterocycles. The molecule has 2 atom stereocenters. The molecule has 0 aliphatic rings. The van der Waals surface area contributed by atoms with Gasteiger partial charge in [-0.1, -0.05) is 47.0 Å². The molecule has 0 radical (unpaired) electrons. The molecule has 0 aliphatic heterocycles. The van der Waals surface area contributed by atoms with E-state index in [1.54, 1.807) is 6.92 Å². The Morgan fingerprint density at radius 3 is 2.00 bits per heavy atom. The first-order valence-corrected chi connectivity index (χ1v) is 6.15. The van der Waals surface area contributed by atoms with E-state index in [4.69, 9.17) is 0 Å². The molecule has 0 rings (SSSR count). The summed E-state index contributed by atoms with van der Waals surface area (Å²) in [5.41, 5.74) is -0.948. The van der Waals surface area contributed by atoms with Crippen LogP contribution in [0.25, 0.3) is 0 Å². The molecule has 0 aromatic rings. The molecular formula is C13H27F. The number of hydrogen-bond donors (Lipinski definition) is 0. The lowest BCUT2D eigenvalue weighted by Crippen LogP contribution is -2.24. The molecule has 0 N–H and O–H groups in total. The average molecular weight is 202 g/mol. The molecule has 0 aliphatic carbocycles. The highest BCUT2D eigenvalue weighted by molar-refractivity contribution is 4.78. The second-order valence-corrected chi connectivity index (χ2v) is 4.92. The van der Waals surface area contributed by atoms with E-state index >= 15 is 0 Å². The van der Waals surface area contributed by atoms with Crippen molar-refractivity contribution in [2.24, 2.45) is 11.8 Å². The van der Waals surface area contributed by atoms with Gasteiger partial charge >= 0.3 is 0 Å². The van der Waals surface area contributed by atoms with Crippen LogP contribution in [0.1, 0.15) is 66.7 Å². The maximum absolute atomic E-state index is 14.0. The molecule has 86 valence electrons. The van der Waals surface area contributed by atoms with Gasteiger partial charge in [-0.2, -0.15) is 0 Å². The minimum atomic E-state index is -0.948. The lowest BCUT2D eigenvalue weighted by Gasteiger charge is -2.28. The van der Waals surface area contributed by atoms with Gasteiger partial charge in [-0.3, -0.25) is 0 Å². The zero-order chi connectivity index (χ0) is 11.2. The van der Waals surface area contributed by atoms with Crippen LogP contribution in [0.2, 0.25) is 0 Å². The normalized spacial score (nSPS) is 18.2. The van der Waals surface area contributed by atoms with Crippen molar-refractivity contribution in [2.75, 3.05) is 0 Å². The monoisotopic (exact) mass is 202 g/mol. The highest BCUT2D eigenvalue weighted by Gasteiger charge is 2.27. The summed E-state index contributed by atoms with van der Waals surface area (Å²) in [7, 11) is 0. The third-order valence-corrected chi connectivity index (χ3v) is 3.37. The SMILES string of the molecule is CCC[C@](C)(F)CC(C)C(CC)CC. The molecule has 0 aromatic heterocycles. The van der Waals surface area contributed by atoms with Crippen molar-refractivity contribution in [3.05, 3.63) is 0 Å². The molecule has 0 amide bonds. The van der Waals surface area contributed by atoms with E-state index in [1.807, 2.05) is 0 Å². The van der Waals surface area contributed by atoms with Crippen LogP contribution in [-0.2, 0) is 0 Å². The quantitative estimate of drug-likeness (QED) is 0.546. The van der Waals surface area contributed by atoms with Gasteiger partial charge in [0.25, 0.3) is 0 Å². The number of rotatable bonds is 7. The number of alkyl halides is 1. The largest absolute Gasteiger partial charge is 0.244 e. The highest BCUT2D eigenvalue weighted by Crippen LogP contribution is 2.32. The van der Waals surface area contributed by atoms with Gasteiger partial charge in [0, 0.05) is 0 Å². The van der Waals surface area contributed by atoms with E-state index < -0.39 is 5.67 Å². The van der Waals surface area contributed by atoms with Crippen LogP contribution in [-0.4, -0.2) is 5.67 Å². The molecule has 0 fully saturated rings. The van der Waals surface area contributed by atoms with Gasteiger partial charge in [0.15, 0.2) is 0 Å². The van der Waals surface area contributed by atoms with Crippen molar-refractivity contribution in [2.45, 2.75) is 72.4 Å². The van der Waals surface area contributed by atoms with Crippen LogP contribution in [0.15, 0.2) is 0 Å². The van der Waals surface area contributed by atoms with Gasteiger partial charge in [0.1, 0.15) is 5.67 Å². The maximum Gasteiger partial charge on any atom is 0.108 e. The zero-order valence-electron chi connectivity index (χ0n) is 10.6. The van der Waals surface area contributed by atoms with Crippen LogP contribution < -0.4 is 0 Å². The van der Waals surface area contributed by atoms with Crippen LogP contribution in [0.3, 0.4) is 0 Å². The van der Waals surface area contributed by atoms with Gasteiger partial charge in [-0.25, -0.2) is 4.39 Å². The minimum absolute atomic E-state index is 0.520. The first-order chi connectivity index (χ1) is 6.46. The Labute approximate surface area is 89.3 Å². The molecule has 0 bridgehead atoms. The minimum Gasteiger partial charge on any atom is -0.244 e. The smallest absolute Gasteiger partial charge is 0.108 e. The Kier molecular flexibility index (Phi) is 6.39. The summed E-state index contributed by atoms with van der Waals surface area (Å²) in [6, 6.07) is 0. The predicted octanol–water partition coefficient (Wildman–Crippen LogP) is 4.98. The summed E-state index contributed by atoms with van der Waals surface area (Å²) in [5.74, 6) is 1.22. The summed E-state index contributed by atoms with van der Waals surface area (Å²) < 4.78 is 14.0. The van der Waals surface area contributed by atoms with E-state index in [-0.39, 0.29) is 0 Å². The molecule has 0 aromatic carbocycles. The molecule has 14 heavy (non-hydrogen) atoms. The number of halogens is 1. The highest BCUT2D eigenvalue weighted by atomic mass is 19.1. The van der Waals surface area contributed by atoms with Gasteiger partial charge in [0.2, 0.25) is 0 Å². The van der Waals surface area contributed by atoms with Crippen molar-refractivity contribution in [3.8, 4) is 0 Å². The third-order valence-electron chi connectivity index (χ3n) is 3.37.